The highest BCUT2D eigenvalue weighted by atomic mass is 16.5. The number of benzene rings is 1. The average molecular weight is 456 g/mol. The molecule has 6 nitrogen and oxygen atoms in total. The lowest BCUT2D eigenvalue weighted by atomic mass is 9.51. The molecule has 2 amide bonds. The van der Waals surface area contributed by atoms with E-state index in [4.69, 9.17) is 4.74 Å². The normalized spacial score (nSPS) is 28.2. The Morgan fingerprint density at radius 2 is 1.91 bits per heavy atom. The van der Waals surface area contributed by atoms with Gasteiger partial charge in [0.25, 0.3) is 5.91 Å². The van der Waals surface area contributed by atoms with Gasteiger partial charge < -0.3 is 19.9 Å². The van der Waals surface area contributed by atoms with Crippen LogP contribution >= 0.6 is 0 Å². The number of nitrogens with one attached hydrogen (secondary N) is 1. The lowest BCUT2D eigenvalue weighted by Crippen LogP contribution is -2.52. The van der Waals surface area contributed by atoms with E-state index in [1.807, 2.05) is 29.2 Å². The van der Waals surface area contributed by atoms with Gasteiger partial charge in [0.2, 0.25) is 0 Å². The van der Waals surface area contributed by atoms with Crippen molar-refractivity contribution in [1.82, 2.24) is 10.2 Å². The molecule has 0 aromatic heterocycles. The van der Waals surface area contributed by atoms with Crippen molar-refractivity contribution < 1.29 is 14.3 Å². The number of anilines is 1. The summed E-state index contributed by atoms with van der Waals surface area (Å²) >= 11 is 0. The monoisotopic (exact) mass is 455 g/mol. The predicted molar refractivity (Wildman–Crippen MR) is 131 cm³/mol. The van der Waals surface area contributed by atoms with Crippen LogP contribution in [0.2, 0.25) is 0 Å². The number of alkyl carbamates (subject to hydrolysis) is 1. The van der Waals surface area contributed by atoms with Gasteiger partial charge in [-0.2, -0.15) is 0 Å². The fraction of sp³-hybridized carbons (Fsp3) is 0.704. The van der Waals surface area contributed by atoms with E-state index in [-0.39, 0.29) is 18.6 Å². The molecule has 0 bridgehead atoms. The predicted octanol–water partition coefficient (Wildman–Crippen LogP) is 4.99. The first-order chi connectivity index (χ1) is 15.8. The van der Waals surface area contributed by atoms with Crippen LogP contribution in [0, 0.1) is 23.2 Å². The number of ether oxygens (including phenoxy) is 1. The molecule has 4 atom stereocenters. The molecule has 1 N–H and O–H groups in total. The molecule has 1 aliphatic carbocycles. The van der Waals surface area contributed by atoms with E-state index in [2.05, 4.69) is 37.9 Å². The molecule has 0 spiro atoms. The molecule has 4 rings (SSSR count). The Hall–Kier alpha value is -2.08. The largest absolute Gasteiger partial charge is 0.450 e. The summed E-state index contributed by atoms with van der Waals surface area (Å²) in [6.45, 7) is 14.9. The van der Waals surface area contributed by atoms with Crippen LogP contribution in [0.4, 0.5) is 10.5 Å². The minimum atomic E-state index is -0.661. The molecule has 1 saturated carbocycles. The van der Waals surface area contributed by atoms with E-state index in [0.717, 1.165) is 54.9 Å². The van der Waals surface area contributed by atoms with E-state index in [1.165, 1.54) is 19.4 Å². The molecule has 1 saturated heterocycles. The Morgan fingerprint density at radius 3 is 2.52 bits per heavy atom. The zero-order chi connectivity index (χ0) is 23.8. The number of piperidine rings is 1. The summed E-state index contributed by atoms with van der Waals surface area (Å²) in [5, 5.41) is 2.77. The number of para-hydroxylation sites is 1. The van der Waals surface area contributed by atoms with Crippen LogP contribution < -0.4 is 10.2 Å². The van der Waals surface area contributed by atoms with Gasteiger partial charge in [0.1, 0.15) is 6.04 Å². The Morgan fingerprint density at radius 1 is 1.21 bits per heavy atom. The van der Waals surface area contributed by atoms with Crippen molar-refractivity contribution in [1.29, 1.82) is 0 Å². The Labute approximate surface area is 199 Å². The smallest absolute Gasteiger partial charge is 0.408 e. The summed E-state index contributed by atoms with van der Waals surface area (Å²) in [5.41, 5.74) is 2.25. The van der Waals surface area contributed by atoms with Crippen molar-refractivity contribution in [2.45, 2.75) is 72.4 Å². The van der Waals surface area contributed by atoms with E-state index in [1.54, 1.807) is 6.92 Å². The van der Waals surface area contributed by atoms with Crippen LogP contribution in [0.3, 0.4) is 0 Å². The standard InChI is InChI=1S/C27H41N3O3/c1-6-19(22-16-18(3)27(22,4)5)17-29-14-12-20(13-15-29)30-23-11-9-8-10-21(23)24(25(30)31)28-26(32)33-7-2/h8-11,18-20,22,24H,6-7,12-17H2,1-5H3,(H,28,32). The van der Waals surface area contributed by atoms with E-state index < -0.39 is 12.1 Å². The maximum Gasteiger partial charge on any atom is 0.408 e. The SMILES string of the molecule is CCOC(=O)NC1C(=O)N(C2CCN(CC(CC)C3CC(C)C3(C)C)CC2)c2ccccc21. The molecule has 6 heteroatoms. The highest BCUT2D eigenvalue weighted by Crippen LogP contribution is 2.55. The lowest BCUT2D eigenvalue weighted by Gasteiger charge is -2.55. The third-order valence-corrected chi connectivity index (χ3v) is 8.87. The summed E-state index contributed by atoms with van der Waals surface area (Å²) in [4.78, 5) is 30.0. The molecular weight excluding hydrogens is 414 g/mol. The van der Waals surface area contributed by atoms with Crippen LogP contribution in [-0.2, 0) is 9.53 Å². The maximum absolute atomic E-state index is 13.4. The van der Waals surface area contributed by atoms with Crippen molar-refractivity contribution in [3.05, 3.63) is 29.8 Å². The second-order valence-electron chi connectivity index (χ2n) is 10.8. The zero-order valence-corrected chi connectivity index (χ0v) is 21.0. The molecule has 182 valence electrons. The zero-order valence-electron chi connectivity index (χ0n) is 21.0. The Kier molecular flexibility index (Phi) is 7.04. The fourth-order valence-corrected chi connectivity index (χ4v) is 6.37. The van der Waals surface area contributed by atoms with Gasteiger partial charge >= 0.3 is 6.09 Å². The van der Waals surface area contributed by atoms with Crippen molar-refractivity contribution in [3.8, 4) is 0 Å². The van der Waals surface area contributed by atoms with Crippen molar-refractivity contribution in [3.63, 3.8) is 0 Å². The average Bonchev–Trinajstić information content (AvgIpc) is 3.08. The third kappa shape index (κ3) is 4.51. The number of fused-ring (bicyclic) bond motifs is 1. The number of hydrogen-bond donors (Lipinski definition) is 1. The topological polar surface area (TPSA) is 61.9 Å². The van der Waals surface area contributed by atoms with E-state index in [0.29, 0.717) is 5.41 Å². The van der Waals surface area contributed by atoms with Crippen LogP contribution in [0.15, 0.2) is 24.3 Å². The number of rotatable bonds is 7. The van der Waals surface area contributed by atoms with Gasteiger partial charge in [0.05, 0.1) is 6.61 Å². The number of likely N-dealkylation sites (tertiary alicyclic amines) is 1. The molecule has 2 heterocycles. The summed E-state index contributed by atoms with van der Waals surface area (Å²) < 4.78 is 5.04. The number of amides is 2. The summed E-state index contributed by atoms with van der Waals surface area (Å²) in [6, 6.07) is 7.33. The van der Waals surface area contributed by atoms with Crippen molar-refractivity contribution >= 4 is 17.7 Å². The minimum Gasteiger partial charge on any atom is -0.450 e. The number of nitrogens with zero attached hydrogens (tertiary/aromatic N) is 2. The molecule has 1 aromatic carbocycles. The van der Waals surface area contributed by atoms with E-state index >= 15 is 0 Å². The quantitative estimate of drug-likeness (QED) is 0.629. The first-order valence-corrected chi connectivity index (χ1v) is 12.9. The molecule has 2 aliphatic heterocycles. The summed E-state index contributed by atoms with van der Waals surface area (Å²) in [7, 11) is 0. The van der Waals surface area contributed by atoms with Gasteiger partial charge in [0.15, 0.2) is 0 Å². The Bertz CT molecular complexity index is 862. The number of hydrogen-bond acceptors (Lipinski definition) is 4. The molecule has 1 aromatic rings. The van der Waals surface area contributed by atoms with Crippen LogP contribution in [-0.4, -0.2) is 49.2 Å². The molecule has 3 aliphatic rings. The van der Waals surface area contributed by atoms with Gasteiger partial charge in [-0.1, -0.05) is 52.3 Å². The minimum absolute atomic E-state index is 0.0423. The molecule has 0 radical (unpaired) electrons. The van der Waals surface area contributed by atoms with Crippen LogP contribution in [0.5, 0.6) is 0 Å². The van der Waals surface area contributed by atoms with Gasteiger partial charge in [-0.3, -0.25) is 4.79 Å². The highest BCUT2D eigenvalue weighted by molar-refractivity contribution is 6.06. The van der Waals surface area contributed by atoms with Gasteiger partial charge in [-0.05, 0) is 55.4 Å². The van der Waals surface area contributed by atoms with Gasteiger partial charge in [0, 0.05) is 36.9 Å². The number of carbonyl (C=O) groups excluding carboxylic acids is 2. The maximum atomic E-state index is 13.4. The Balaban J connectivity index is 1.39. The second kappa shape index (κ2) is 9.65. The van der Waals surface area contributed by atoms with Crippen molar-refractivity contribution in [2.75, 3.05) is 31.1 Å². The molecule has 4 unspecified atom stereocenters. The summed E-state index contributed by atoms with van der Waals surface area (Å²) in [6.07, 6.45) is 3.98. The molecule has 2 fully saturated rings. The van der Waals surface area contributed by atoms with Crippen LogP contribution in [0.25, 0.3) is 0 Å². The molecular formula is C27H41N3O3. The first kappa shape index (κ1) is 24.1. The van der Waals surface area contributed by atoms with E-state index in [9.17, 15) is 9.59 Å². The first-order valence-electron chi connectivity index (χ1n) is 12.9. The highest BCUT2D eigenvalue weighted by Gasteiger charge is 2.48. The second-order valence-corrected chi connectivity index (χ2v) is 10.8. The fourth-order valence-electron chi connectivity index (χ4n) is 6.37. The van der Waals surface area contributed by atoms with Crippen LogP contribution in [0.1, 0.15) is 71.9 Å². The van der Waals surface area contributed by atoms with Crippen molar-refractivity contribution in [2.24, 2.45) is 23.2 Å². The van der Waals surface area contributed by atoms with Gasteiger partial charge in [-0.15, -0.1) is 0 Å². The number of carbonyl (C=O) groups is 2. The summed E-state index contributed by atoms with van der Waals surface area (Å²) in [5.74, 6) is 2.34. The lowest BCUT2D eigenvalue weighted by molar-refractivity contribution is -0.120. The molecule has 33 heavy (non-hydrogen) atoms. The third-order valence-electron chi connectivity index (χ3n) is 8.87. The van der Waals surface area contributed by atoms with Gasteiger partial charge in [-0.25, -0.2) is 4.79 Å².